The van der Waals surface area contributed by atoms with Crippen LogP contribution in [0.3, 0.4) is 0 Å². The van der Waals surface area contributed by atoms with Crippen LogP contribution in [0.15, 0.2) is 85.0 Å². The molecule has 1 fully saturated rings. The average molecular weight is 571 g/mol. The Hall–Kier alpha value is -4.63. The summed E-state index contributed by atoms with van der Waals surface area (Å²) < 4.78 is 17.8. The van der Waals surface area contributed by atoms with Crippen molar-refractivity contribution in [3.63, 3.8) is 0 Å². The Kier molecular flexibility index (Phi) is 8.35. The number of ketones is 1. The lowest BCUT2D eigenvalue weighted by Crippen LogP contribution is -2.29. The molecule has 1 saturated heterocycles. The number of ether oxygens (including phenoxy) is 3. The van der Waals surface area contributed by atoms with Crippen LogP contribution in [0.1, 0.15) is 37.4 Å². The Morgan fingerprint density at radius 1 is 1.00 bits per heavy atom. The minimum atomic E-state index is -0.921. The largest absolute Gasteiger partial charge is 0.507 e. The highest BCUT2D eigenvalue weighted by atomic mass is 32.1. The lowest BCUT2D eigenvalue weighted by molar-refractivity contribution is -0.132. The van der Waals surface area contributed by atoms with Crippen molar-refractivity contribution in [3.05, 3.63) is 96.1 Å². The molecule has 1 aliphatic rings. The Morgan fingerprint density at radius 3 is 2.49 bits per heavy atom. The number of nitrogens with zero attached hydrogens (tertiary/aromatic N) is 2. The summed E-state index contributed by atoms with van der Waals surface area (Å²) in [6.07, 6.45) is 2.47. The van der Waals surface area contributed by atoms with Crippen molar-refractivity contribution in [1.29, 1.82) is 0 Å². The molecule has 210 valence electrons. The molecule has 0 bridgehead atoms. The predicted octanol–water partition coefficient (Wildman–Crippen LogP) is 6.67. The number of rotatable bonds is 11. The van der Waals surface area contributed by atoms with Gasteiger partial charge in [0.1, 0.15) is 29.6 Å². The standard InChI is InChI=1S/C32H30N2O6S/c1-4-16-39-22-12-10-20(11-13-22)28-27(29(35)21-8-7-9-23(18-21)40-17-5-2)30(36)31(37)34(28)32-33-25-15-14-24(38-6-3)19-26(25)41-32/h4,7-15,18-19,28,35H,1,5-6,16-17H2,2-3H3/b29-27+. The van der Waals surface area contributed by atoms with Gasteiger partial charge >= 0.3 is 5.91 Å². The van der Waals surface area contributed by atoms with E-state index in [2.05, 4.69) is 11.6 Å². The number of carbonyl (C=O) groups is 2. The van der Waals surface area contributed by atoms with E-state index in [1.165, 1.54) is 16.2 Å². The van der Waals surface area contributed by atoms with Gasteiger partial charge in [0, 0.05) is 5.56 Å². The normalized spacial score (nSPS) is 16.2. The highest BCUT2D eigenvalue weighted by Gasteiger charge is 2.48. The molecule has 1 N–H and O–H groups in total. The first-order chi connectivity index (χ1) is 19.9. The summed E-state index contributed by atoms with van der Waals surface area (Å²) in [5.74, 6) is -0.00487. The number of benzene rings is 3. The second-order valence-corrected chi connectivity index (χ2v) is 10.3. The van der Waals surface area contributed by atoms with Crippen LogP contribution in [0.25, 0.3) is 16.0 Å². The van der Waals surface area contributed by atoms with Gasteiger partial charge in [0.25, 0.3) is 5.78 Å². The second-order valence-electron chi connectivity index (χ2n) is 9.27. The lowest BCUT2D eigenvalue weighted by Gasteiger charge is -2.23. The molecule has 0 saturated carbocycles. The fraction of sp³-hybridized carbons (Fsp3) is 0.219. The predicted molar refractivity (Wildman–Crippen MR) is 160 cm³/mol. The Bertz CT molecular complexity index is 1620. The van der Waals surface area contributed by atoms with Crippen molar-refractivity contribution in [2.24, 2.45) is 0 Å². The lowest BCUT2D eigenvalue weighted by atomic mass is 9.95. The second kappa shape index (κ2) is 12.3. The molecule has 1 amide bonds. The number of aliphatic hydroxyl groups excluding tert-OH is 1. The van der Waals surface area contributed by atoms with Crippen LogP contribution >= 0.6 is 11.3 Å². The number of carbonyl (C=O) groups excluding carboxylic acids is 2. The van der Waals surface area contributed by atoms with Gasteiger partial charge < -0.3 is 19.3 Å². The van der Waals surface area contributed by atoms with Crippen molar-refractivity contribution < 1.29 is 28.9 Å². The molecule has 2 heterocycles. The van der Waals surface area contributed by atoms with E-state index in [4.69, 9.17) is 14.2 Å². The van der Waals surface area contributed by atoms with Gasteiger partial charge in [0.15, 0.2) is 5.13 Å². The van der Waals surface area contributed by atoms with E-state index >= 15 is 0 Å². The van der Waals surface area contributed by atoms with Crippen LogP contribution in [0.2, 0.25) is 0 Å². The van der Waals surface area contributed by atoms with E-state index in [1.807, 2.05) is 32.0 Å². The summed E-state index contributed by atoms with van der Waals surface area (Å²) in [5.41, 5.74) is 1.63. The minimum absolute atomic E-state index is 0.0309. The molecule has 1 aromatic heterocycles. The van der Waals surface area contributed by atoms with Crippen LogP contribution in [0, 0.1) is 0 Å². The Labute approximate surface area is 242 Å². The molecule has 3 aromatic carbocycles. The fourth-order valence-corrected chi connectivity index (χ4v) is 5.63. The molecular formula is C32H30N2O6S. The Balaban J connectivity index is 1.64. The quantitative estimate of drug-likeness (QED) is 0.0930. The maximum absolute atomic E-state index is 13.6. The first kappa shape index (κ1) is 27.9. The van der Waals surface area contributed by atoms with E-state index in [0.717, 1.165) is 11.1 Å². The number of aliphatic hydroxyl groups is 1. The van der Waals surface area contributed by atoms with E-state index in [1.54, 1.807) is 54.6 Å². The SMILES string of the molecule is C=CCOc1ccc(C2/C(=C(\O)c3cccc(OCCC)c3)C(=O)C(=O)N2c2nc3ccc(OCC)cc3s2)cc1. The van der Waals surface area contributed by atoms with E-state index < -0.39 is 17.7 Å². The third kappa shape index (κ3) is 5.67. The molecule has 0 radical (unpaired) electrons. The number of Topliss-reactive ketones (excluding diaryl/α,β-unsaturated/α-hetero) is 1. The van der Waals surface area contributed by atoms with Gasteiger partial charge in [-0.3, -0.25) is 14.5 Å². The molecule has 4 aromatic rings. The zero-order chi connectivity index (χ0) is 28.9. The molecule has 0 spiro atoms. The number of thiazole rings is 1. The average Bonchev–Trinajstić information content (AvgIpc) is 3.52. The summed E-state index contributed by atoms with van der Waals surface area (Å²) in [4.78, 5) is 33.2. The van der Waals surface area contributed by atoms with Crippen LogP contribution in [0.4, 0.5) is 5.13 Å². The summed E-state index contributed by atoms with van der Waals surface area (Å²) in [7, 11) is 0. The third-order valence-electron chi connectivity index (χ3n) is 6.45. The van der Waals surface area contributed by atoms with Crippen molar-refractivity contribution in [2.45, 2.75) is 26.3 Å². The highest BCUT2D eigenvalue weighted by Crippen LogP contribution is 2.45. The topological polar surface area (TPSA) is 98.2 Å². The first-order valence-electron chi connectivity index (χ1n) is 13.4. The molecule has 1 unspecified atom stereocenters. The number of aromatic nitrogens is 1. The number of hydrogen-bond donors (Lipinski definition) is 1. The Morgan fingerprint density at radius 2 is 1.76 bits per heavy atom. The number of amides is 1. The van der Waals surface area contributed by atoms with Crippen LogP contribution in [-0.2, 0) is 9.59 Å². The van der Waals surface area contributed by atoms with Crippen molar-refractivity contribution in [2.75, 3.05) is 24.7 Å². The van der Waals surface area contributed by atoms with Gasteiger partial charge in [-0.25, -0.2) is 4.98 Å². The number of hydrogen-bond acceptors (Lipinski definition) is 8. The van der Waals surface area contributed by atoms with Crippen molar-refractivity contribution >= 4 is 44.1 Å². The zero-order valence-corrected chi connectivity index (χ0v) is 23.6. The number of fused-ring (bicyclic) bond motifs is 1. The molecule has 0 aliphatic carbocycles. The van der Waals surface area contributed by atoms with E-state index in [-0.39, 0.29) is 11.3 Å². The van der Waals surface area contributed by atoms with Gasteiger partial charge in [-0.1, -0.05) is 55.2 Å². The molecule has 5 rings (SSSR count). The maximum Gasteiger partial charge on any atom is 0.301 e. The van der Waals surface area contributed by atoms with Crippen molar-refractivity contribution in [1.82, 2.24) is 4.98 Å². The fourth-order valence-electron chi connectivity index (χ4n) is 4.61. The minimum Gasteiger partial charge on any atom is -0.507 e. The van der Waals surface area contributed by atoms with Crippen LogP contribution in [0.5, 0.6) is 17.2 Å². The van der Waals surface area contributed by atoms with Crippen molar-refractivity contribution in [3.8, 4) is 17.2 Å². The smallest absolute Gasteiger partial charge is 0.301 e. The third-order valence-corrected chi connectivity index (χ3v) is 7.47. The van der Waals surface area contributed by atoms with E-state index in [0.29, 0.717) is 58.8 Å². The summed E-state index contributed by atoms with van der Waals surface area (Å²) in [5, 5.41) is 11.9. The summed E-state index contributed by atoms with van der Waals surface area (Å²) in [6.45, 7) is 8.94. The zero-order valence-electron chi connectivity index (χ0n) is 22.8. The first-order valence-corrected chi connectivity index (χ1v) is 14.2. The highest BCUT2D eigenvalue weighted by molar-refractivity contribution is 7.22. The van der Waals surface area contributed by atoms with Gasteiger partial charge in [-0.05, 0) is 61.4 Å². The summed E-state index contributed by atoms with van der Waals surface area (Å²) >= 11 is 1.28. The monoisotopic (exact) mass is 570 g/mol. The van der Waals surface area contributed by atoms with Gasteiger partial charge in [0.05, 0.1) is 35.0 Å². The molecule has 8 nitrogen and oxygen atoms in total. The molecule has 1 aliphatic heterocycles. The molecule has 41 heavy (non-hydrogen) atoms. The van der Waals surface area contributed by atoms with Crippen LogP contribution < -0.4 is 19.1 Å². The van der Waals surface area contributed by atoms with Gasteiger partial charge in [-0.15, -0.1) is 0 Å². The number of anilines is 1. The molecule has 9 heteroatoms. The summed E-state index contributed by atoms with van der Waals surface area (Å²) in [6, 6.07) is 18.5. The maximum atomic E-state index is 13.6. The van der Waals surface area contributed by atoms with Gasteiger partial charge in [-0.2, -0.15) is 0 Å². The molecule has 1 atom stereocenters. The molecular weight excluding hydrogens is 540 g/mol. The van der Waals surface area contributed by atoms with Gasteiger partial charge in [0.2, 0.25) is 0 Å². The van der Waals surface area contributed by atoms with E-state index in [9.17, 15) is 14.7 Å². The van der Waals surface area contributed by atoms with Crippen LogP contribution in [-0.4, -0.2) is 41.6 Å².